The smallest absolute Gasteiger partial charge is 0.227 e. The van der Waals surface area contributed by atoms with Gasteiger partial charge in [-0.05, 0) is 24.0 Å². The number of benzene rings is 1. The van der Waals surface area contributed by atoms with Crippen LogP contribution in [-0.2, 0) is 11.2 Å². The van der Waals surface area contributed by atoms with E-state index in [1.807, 2.05) is 23.1 Å². The van der Waals surface area contributed by atoms with Crippen molar-refractivity contribution in [2.24, 2.45) is 5.92 Å². The molecule has 0 aromatic heterocycles. The third-order valence-electron chi connectivity index (χ3n) is 2.95. The highest BCUT2D eigenvalue weighted by Gasteiger charge is 2.24. The standard InChI is InChI=1S/C13H16ClNO/c1-10(8-14)9-15-12-5-3-2-4-11(12)6-7-13(15)16/h2-5,10H,6-9H2,1H3/t10-/m0/s1. The van der Waals surface area contributed by atoms with Crippen molar-refractivity contribution < 1.29 is 4.79 Å². The second kappa shape index (κ2) is 4.88. The van der Waals surface area contributed by atoms with Crippen LogP contribution < -0.4 is 4.90 Å². The van der Waals surface area contributed by atoms with Crippen molar-refractivity contribution in [1.82, 2.24) is 0 Å². The highest BCUT2D eigenvalue weighted by Crippen LogP contribution is 2.28. The van der Waals surface area contributed by atoms with Crippen LogP contribution in [0.25, 0.3) is 0 Å². The summed E-state index contributed by atoms with van der Waals surface area (Å²) in [6.07, 6.45) is 1.48. The van der Waals surface area contributed by atoms with Crippen LogP contribution in [-0.4, -0.2) is 18.3 Å². The number of anilines is 1. The summed E-state index contributed by atoms with van der Waals surface area (Å²) in [5.74, 6) is 1.14. The van der Waals surface area contributed by atoms with Gasteiger partial charge in [0, 0.05) is 24.5 Å². The molecular weight excluding hydrogens is 222 g/mol. The molecule has 2 nitrogen and oxygen atoms in total. The number of aryl methyl sites for hydroxylation is 1. The minimum atomic E-state index is 0.218. The lowest BCUT2D eigenvalue weighted by atomic mass is 10.00. The van der Waals surface area contributed by atoms with Gasteiger partial charge in [0.2, 0.25) is 5.91 Å². The van der Waals surface area contributed by atoms with Crippen molar-refractivity contribution in [3.05, 3.63) is 29.8 Å². The first kappa shape index (κ1) is 11.5. The number of alkyl halides is 1. The number of hydrogen-bond donors (Lipinski definition) is 0. The summed E-state index contributed by atoms with van der Waals surface area (Å²) in [7, 11) is 0. The summed E-state index contributed by atoms with van der Waals surface area (Å²) in [5.41, 5.74) is 2.33. The summed E-state index contributed by atoms with van der Waals surface area (Å²) in [4.78, 5) is 13.8. The number of rotatable bonds is 3. The Bertz CT molecular complexity index is 391. The molecule has 1 aromatic rings. The van der Waals surface area contributed by atoms with E-state index in [0.717, 1.165) is 18.7 Å². The van der Waals surface area contributed by atoms with E-state index in [1.165, 1.54) is 5.56 Å². The maximum Gasteiger partial charge on any atom is 0.227 e. The van der Waals surface area contributed by atoms with Crippen LogP contribution in [0, 0.1) is 5.92 Å². The Labute approximate surface area is 101 Å². The molecular formula is C13H16ClNO. The Balaban J connectivity index is 2.26. The minimum Gasteiger partial charge on any atom is -0.312 e. The van der Waals surface area contributed by atoms with Crippen molar-refractivity contribution >= 4 is 23.2 Å². The molecule has 0 radical (unpaired) electrons. The van der Waals surface area contributed by atoms with Gasteiger partial charge in [0.15, 0.2) is 0 Å². The highest BCUT2D eigenvalue weighted by atomic mass is 35.5. The van der Waals surface area contributed by atoms with E-state index in [9.17, 15) is 4.79 Å². The highest BCUT2D eigenvalue weighted by molar-refractivity contribution is 6.18. The van der Waals surface area contributed by atoms with Gasteiger partial charge in [-0.3, -0.25) is 4.79 Å². The molecule has 0 fully saturated rings. The first-order valence-electron chi connectivity index (χ1n) is 5.66. The fraction of sp³-hybridized carbons (Fsp3) is 0.462. The van der Waals surface area contributed by atoms with Gasteiger partial charge in [-0.1, -0.05) is 25.1 Å². The average Bonchev–Trinajstić information content (AvgIpc) is 2.32. The van der Waals surface area contributed by atoms with Gasteiger partial charge >= 0.3 is 0 Å². The topological polar surface area (TPSA) is 20.3 Å². The number of carbonyl (C=O) groups excluding carboxylic acids is 1. The van der Waals surface area contributed by atoms with E-state index in [1.54, 1.807) is 0 Å². The number of nitrogens with zero attached hydrogens (tertiary/aromatic N) is 1. The zero-order valence-corrected chi connectivity index (χ0v) is 10.2. The first-order valence-corrected chi connectivity index (χ1v) is 6.20. The summed E-state index contributed by atoms with van der Waals surface area (Å²) in [6.45, 7) is 2.79. The fourth-order valence-corrected chi connectivity index (χ4v) is 2.15. The molecule has 86 valence electrons. The Morgan fingerprint density at radius 1 is 1.38 bits per heavy atom. The molecule has 1 aliphatic heterocycles. The molecule has 0 saturated heterocycles. The SMILES string of the molecule is C[C@@H](CCl)CN1C(=O)CCc2ccccc21. The number of hydrogen-bond acceptors (Lipinski definition) is 1. The molecule has 1 atom stereocenters. The van der Waals surface area contributed by atoms with Crippen LogP contribution in [0.3, 0.4) is 0 Å². The number of para-hydroxylation sites is 1. The van der Waals surface area contributed by atoms with E-state index in [4.69, 9.17) is 11.6 Å². The molecule has 0 bridgehead atoms. The van der Waals surface area contributed by atoms with Gasteiger partial charge in [-0.25, -0.2) is 0 Å². The van der Waals surface area contributed by atoms with Crippen LogP contribution >= 0.6 is 11.6 Å². The zero-order valence-electron chi connectivity index (χ0n) is 9.45. The molecule has 0 spiro atoms. The fourth-order valence-electron chi connectivity index (χ4n) is 2.06. The van der Waals surface area contributed by atoms with Crippen LogP contribution in [0.15, 0.2) is 24.3 Å². The zero-order chi connectivity index (χ0) is 11.5. The summed E-state index contributed by atoms with van der Waals surface area (Å²) in [5, 5.41) is 0. The number of halogens is 1. The predicted molar refractivity (Wildman–Crippen MR) is 67.0 cm³/mol. The monoisotopic (exact) mass is 237 g/mol. The Morgan fingerprint density at radius 3 is 2.88 bits per heavy atom. The second-order valence-corrected chi connectivity index (χ2v) is 4.70. The van der Waals surface area contributed by atoms with Gasteiger partial charge < -0.3 is 4.90 Å². The van der Waals surface area contributed by atoms with Crippen molar-refractivity contribution in [2.45, 2.75) is 19.8 Å². The first-order chi connectivity index (χ1) is 7.72. The summed E-state index contributed by atoms with van der Waals surface area (Å²) >= 11 is 5.81. The quantitative estimate of drug-likeness (QED) is 0.741. The number of carbonyl (C=O) groups is 1. The third kappa shape index (κ3) is 2.22. The summed E-state index contributed by atoms with van der Waals surface area (Å²) < 4.78 is 0. The van der Waals surface area contributed by atoms with Gasteiger partial charge in [-0.15, -0.1) is 11.6 Å². The van der Waals surface area contributed by atoms with E-state index in [-0.39, 0.29) is 5.91 Å². The molecule has 16 heavy (non-hydrogen) atoms. The molecule has 0 aliphatic carbocycles. The lowest BCUT2D eigenvalue weighted by Crippen LogP contribution is -2.38. The number of fused-ring (bicyclic) bond motifs is 1. The average molecular weight is 238 g/mol. The van der Waals surface area contributed by atoms with Crippen molar-refractivity contribution in [3.63, 3.8) is 0 Å². The van der Waals surface area contributed by atoms with E-state index in [0.29, 0.717) is 18.2 Å². The lowest BCUT2D eigenvalue weighted by Gasteiger charge is -2.31. The van der Waals surface area contributed by atoms with E-state index < -0.39 is 0 Å². The maximum atomic E-state index is 11.9. The van der Waals surface area contributed by atoms with Crippen molar-refractivity contribution in [3.8, 4) is 0 Å². The van der Waals surface area contributed by atoms with Crippen LogP contribution in [0.1, 0.15) is 18.9 Å². The molecule has 2 rings (SSSR count). The molecule has 0 unspecified atom stereocenters. The Morgan fingerprint density at radius 2 is 2.12 bits per heavy atom. The lowest BCUT2D eigenvalue weighted by molar-refractivity contribution is -0.119. The molecule has 1 amide bonds. The van der Waals surface area contributed by atoms with Gasteiger partial charge in [0.05, 0.1) is 0 Å². The van der Waals surface area contributed by atoms with Gasteiger partial charge in [0.1, 0.15) is 0 Å². The van der Waals surface area contributed by atoms with E-state index in [2.05, 4.69) is 13.0 Å². The van der Waals surface area contributed by atoms with Crippen LogP contribution in [0.5, 0.6) is 0 Å². The van der Waals surface area contributed by atoms with Crippen molar-refractivity contribution in [2.75, 3.05) is 17.3 Å². The predicted octanol–water partition coefficient (Wildman–Crippen LogP) is 2.84. The second-order valence-electron chi connectivity index (χ2n) is 4.39. The Hall–Kier alpha value is -1.02. The molecule has 1 aromatic carbocycles. The molecule has 3 heteroatoms. The molecule has 0 N–H and O–H groups in total. The molecule has 1 heterocycles. The van der Waals surface area contributed by atoms with Gasteiger partial charge in [-0.2, -0.15) is 0 Å². The summed E-state index contributed by atoms with van der Waals surface area (Å²) in [6, 6.07) is 8.13. The van der Waals surface area contributed by atoms with Gasteiger partial charge in [0.25, 0.3) is 0 Å². The van der Waals surface area contributed by atoms with E-state index >= 15 is 0 Å². The van der Waals surface area contributed by atoms with Crippen LogP contribution in [0.4, 0.5) is 5.69 Å². The largest absolute Gasteiger partial charge is 0.312 e. The maximum absolute atomic E-state index is 11.9. The molecule has 0 saturated carbocycles. The van der Waals surface area contributed by atoms with Crippen LogP contribution in [0.2, 0.25) is 0 Å². The normalized spacial score (nSPS) is 17.1. The Kier molecular flexibility index (Phi) is 3.49. The molecule has 1 aliphatic rings. The number of amides is 1. The minimum absolute atomic E-state index is 0.218. The van der Waals surface area contributed by atoms with Crippen molar-refractivity contribution in [1.29, 1.82) is 0 Å². The third-order valence-corrected chi connectivity index (χ3v) is 3.48.